The minimum Gasteiger partial charge on any atom is -0.394 e. The average Bonchev–Trinajstić information content (AvgIpc) is 2.28. The maximum atomic E-state index is 11.8. The van der Waals surface area contributed by atoms with Gasteiger partial charge in [0.1, 0.15) is 0 Å². The number of aryl methyl sites for hydroxylation is 1. The van der Waals surface area contributed by atoms with Gasteiger partial charge in [-0.2, -0.15) is 0 Å². The van der Waals surface area contributed by atoms with Crippen LogP contribution >= 0.6 is 0 Å². The fourth-order valence-corrected chi connectivity index (χ4v) is 1.33. The molecule has 1 aromatic rings. The van der Waals surface area contributed by atoms with Crippen LogP contribution in [0.25, 0.3) is 0 Å². The number of hydrogen-bond donors (Lipinski definition) is 2. The summed E-state index contributed by atoms with van der Waals surface area (Å²) in [5, 5.41) is 11.7. The molecule has 5 heteroatoms. The monoisotopic (exact) mass is 224 g/mol. The number of ether oxygens (including phenoxy) is 1. The lowest BCUT2D eigenvalue weighted by molar-refractivity contribution is 0.0838. The number of aliphatic hydroxyl groups excluding tert-OH is 1. The van der Waals surface area contributed by atoms with Crippen molar-refractivity contribution in [3.05, 3.63) is 29.6 Å². The minimum absolute atomic E-state index is 0.154. The molecule has 0 aromatic carbocycles. The van der Waals surface area contributed by atoms with E-state index < -0.39 is 6.04 Å². The fraction of sp³-hybridized carbons (Fsp3) is 0.455. The molecule has 0 saturated carbocycles. The molecule has 1 atom stereocenters. The van der Waals surface area contributed by atoms with E-state index in [9.17, 15) is 4.79 Å². The molecule has 0 fully saturated rings. The Balaban J connectivity index is 2.68. The smallest absolute Gasteiger partial charge is 0.253 e. The number of rotatable bonds is 5. The van der Waals surface area contributed by atoms with Gasteiger partial charge in [-0.05, 0) is 19.1 Å². The zero-order chi connectivity index (χ0) is 12.0. The summed E-state index contributed by atoms with van der Waals surface area (Å²) in [7, 11) is 1.52. The summed E-state index contributed by atoms with van der Waals surface area (Å²) in [6.45, 7) is 1.89. The molecule has 0 aliphatic rings. The lowest BCUT2D eigenvalue weighted by atomic mass is 10.2. The number of carbonyl (C=O) groups excluding carboxylic acids is 1. The highest BCUT2D eigenvalue weighted by Crippen LogP contribution is 2.03. The van der Waals surface area contributed by atoms with E-state index in [0.717, 1.165) is 0 Å². The molecule has 1 heterocycles. The van der Waals surface area contributed by atoms with Gasteiger partial charge in [-0.15, -0.1) is 0 Å². The van der Waals surface area contributed by atoms with Gasteiger partial charge in [-0.1, -0.05) is 0 Å². The zero-order valence-corrected chi connectivity index (χ0v) is 9.43. The van der Waals surface area contributed by atoms with Crippen LogP contribution in [0.4, 0.5) is 0 Å². The normalized spacial score (nSPS) is 12.2. The number of nitrogens with one attached hydrogen (secondary N) is 1. The lowest BCUT2D eigenvalue weighted by Crippen LogP contribution is -2.40. The Morgan fingerprint density at radius 2 is 2.44 bits per heavy atom. The van der Waals surface area contributed by atoms with Crippen molar-refractivity contribution < 1.29 is 14.6 Å². The molecule has 0 saturated heterocycles. The summed E-state index contributed by atoms with van der Waals surface area (Å²) in [5.74, 6) is -0.248. The molecule has 0 aliphatic carbocycles. The fourth-order valence-electron chi connectivity index (χ4n) is 1.33. The first-order valence-corrected chi connectivity index (χ1v) is 5.01. The highest BCUT2D eigenvalue weighted by Gasteiger charge is 2.14. The largest absolute Gasteiger partial charge is 0.394 e. The van der Waals surface area contributed by atoms with E-state index in [0.29, 0.717) is 11.3 Å². The molecule has 1 amide bonds. The summed E-state index contributed by atoms with van der Waals surface area (Å²) in [6, 6.07) is 3.00. The third-order valence-corrected chi connectivity index (χ3v) is 2.18. The van der Waals surface area contributed by atoms with E-state index in [1.54, 1.807) is 25.3 Å². The van der Waals surface area contributed by atoms with Crippen LogP contribution in [0.5, 0.6) is 0 Å². The molecule has 1 rings (SSSR count). The van der Waals surface area contributed by atoms with Crippen molar-refractivity contribution in [1.82, 2.24) is 10.3 Å². The van der Waals surface area contributed by atoms with Crippen molar-refractivity contribution in [2.24, 2.45) is 0 Å². The molecule has 2 N–H and O–H groups in total. The van der Waals surface area contributed by atoms with Crippen LogP contribution < -0.4 is 5.32 Å². The molecule has 0 aliphatic heterocycles. The van der Waals surface area contributed by atoms with Gasteiger partial charge in [0, 0.05) is 19.0 Å². The molecule has 1 aromatic heterocycles. The Kier molecular flexibility index (Phi) is 4.88. The number of carbonyl (C=O) groups is 1. The summed E-state index contributed by atoms with van der Waals surface area (Å²) >= 11 is 0. The molecule has 16 heavy (non-hydrogen) atoms. The van der Waals surface area contributed by atoms with Crippen molar-refractivity contribution in [1.29, 1.82) is 0 Å². The molecule has 0 bridgehead atoms. The molecule has 0 radical (unpaired) electrons. The van der Waals surface area contributed by atoms with Crippen LogP contribution in [0.1, 0.15) is 16.1 Å². The predicted molar refractivity (Wildman–Crippen MR) is 59.2 cm³/mol. The molecular formula is C11H16N2O3. The van der Waals surface area contributed by atoms with E-state index in [1.165, 1.54) is 7.11 Å². The molecule has 88 valence electrons. The van der Waals surface area contributed by atoms with Crippen LogP contribution in [0, 0.1) is 6.92 Å². The summed E-state index contributed by atoms with van der Waals surface area (Å²) in [6.07, 6.45) is 1.63. The van der Waals surface area contributed by atoms with Crippen molar-refractivity contribution in [2.45, 2.75) is 13.0 Å². The van der Waals surface area contributed by atoms with E-state index >= 15 is 0 Å². The maximum Gasteiger partial charge on any atom is 0.253 e. The maximum absolute atomic E-state index is 11.8. The van der Waals surface area contributed by atoms with Crippen LogP contribution in [0.15, 0.2) is 18.3 Å². The quantitative estimate of drug-likeness (QED) is 0.745. The summed E-state index contributed by atoms with van der Waals surface area (Å²) in [4.78, 5) is 15.8. The third kappa shape index (κ3) is 3.29. The number of methoxy groups -OCH3 is 1. The average molecular weight is 224 g/mol. The number of nitrogens with zero attached hydrogens (tertiary/aromatic N) is 1. The lowest BCUT2D eigenvalue weighted by Gasteiger charge is -2.15. The summed E-state index contributed by atoms with van der Waals surface area (Å²) < 4.78 is 4.87. The highest BCUT2D eigenvalue weighted by atomic mass is 16.5. The summed E-state index contributed by atoms with van der Waals surface area (Å²) in [5.41, 5.74) is 1.17. The van der Waals surface area contributed by atoms with E-state index in [-0.39, 0.29) is 19.1 Å². The van der Waals surface area contributed by atoms with E-state index in [4.69, 9.17) is 9.84 Å². The van der Waals surface area contributed by atoms with Crippen LogP contribution in [0.3, 0.4) is 0 Å². The van der Waals surface area contributed by atoms with Crippen LogP contribution in [0.2, 0.25) is 0 Å². The molecular weight excluding hydrogens is 208 g/mol. The first-order chi connectivity index (χ1) is 7.69. The molecule has 0 spiro atoms. The Bertz CT molecular complexity index is 355. The Morgan fingerprint density at radius 1 is 1.69 bits per heavy atom. The van der Waals surface area contributed by atoms with Crippen molar-refractivity contribution in [3.8, 4) is 0 Å². The SMILES string of the molecule is COCC(CO)NC(=O)c1cccnc1C. The van der Waals surface area contributed by atoms with Crippen LogP contribution in [-0.2, 0) is 4.74 Å². The van der Waals surface area contributed by atoms with Gasteiger partial charge in [0.25, 0.3) is 5.91 Å². The number of aliphatic hydroxyl groups is 1. The van der Waals surface area contributed by atoms with Gasteiger partial charge in [0.05, 0.1) is 24.8 Å². The Labute approximate surface area is 94.5 Å². The van der Waals surface area contributed by atoms with Gasteiger partial charge in [-0.25, -0.2) is 0 Å². The molecule has 5 nitrogen and oxygen atoms in total. The first-order valence-electron chi connectivity index (χ1n) is 5.01. The zero-order valence-electron chi connectivity index (χ0n) is 9.43. The van der Waals surface area contributed by atoms with E-state index in [1.807, 2.05) is 0 Å². The van der Waals surface area contributed by atoms with Gasteiger partial charge >= 0.3 is 0 Å². The highest BCUT2D eigenvalue weighted by molar-refractivity contribution is 5.95. The van der Waals surface area contributed by atoms with Gasteiger partial charge in [-0.3, -0.25) is 9.78 Å². The van der Waals surface area contributed by atoms with E-state index in [2.05, 4.69) is 10.3 Å². The second-order valence-corrected chi connectivity index (χ2v) is 3.44. The first kappa shape index (κ1) is 12.6. The number of hydrogen-bond acceptors (Lipinski definition) is 4. The molecule has 1 unspecified atom stereocenters. The second kappa shape index (κ2) is 6.19. The third-order valence-electron chi connectivity index (χ3n) is 2.18. The van der Waals surface area contributed by atoms with Gasteiger partial charge in [0.15, 0.2) is 0 Å². The van der Waals surface area contributed by atoms with Gasteiger partial charge < -0.3 is 15.2 Å². The Hall–Kier alpha value is -1.46. The Morgan fingerprint density at radius 3 is 3.00 bits per heavy atom. The van der Waals surface area contributed by atoms with Crippen molar-refractivity contribution >= 4 is 5.91 Å². The van der Waals surface area contributed by atoms with Crippen LogP contribution in [-0.4, -0.2) is 42.4 Å². The topological polar surface area (TPSA) is 71.5 Å². The van der Waals surface area contributed by atoms with Crippen molar-refractivity contribution in [3.63, 3.8) is 0 Å². The number of aromatic nitrogens is 1. The number of amides is 1. The second-order valence-electron chi connectivity index (χ2n) is 3.44. The minimum atomic E-state index is -0.392. The van der Waals surface area contributed by atoms with Gasteiger partial charge in [0.2, 0.25) is 0 Å². The number of pyridine rings is 1. The standard InChI is InChI=1S/C11H16N2O3/c1-8-10(4-3-5-12-8)11(15)13-9(6-14)7-16-2/h3-5,9,14H,6-7H2,1-2H3,(H,13,15). The van der Waals surface area contributed by atoms with Crippen molar-refractivity contribution in [2.75, 3.05) is 20.3 Å². The predicted octanol–water partition coefficient (Wildman–Crippen LogP) is 0.127.